The monoisotopic (exact) mass is 326 g/mol. The summed E-state index contributed by atoms with van der Waals surface area (Å²) in [6, 6.07) is 0. The first kappa shape index (κ1) is 95.8. The summed E-state index contributed by atoms with van der Waals surface area (Å²) in [5, 5.41) is 0. The van der Waals surface area contributed by atoms with E-state index in [1.54, 1.807) is 0 Å². The van der Waals surface area contributed by atoms with Crippen LogP contribution in [0.2, 0.25) is 0 Å². The predicted molar refractivity (Wildman–Crippen MR) is 16.3 cm³/mol. The van der Waals surface area contributed by atoms with Gasteiger partial charge in [0.1, 0.15) is 0 Å². The molecule has 0 fully saturated rings. The summed E-state index contributed by atoms with van der Waals surface area (Å²) in [6.45, 7) is 0. The van der Waals surface area contributed by atoms with Crippen molar-refractivity contribution in [3.8, 4) is 0 Å². The maximum atomic E-state index is 8.46. The van der Waals surface area contributed by atoms with Gasteiger partial charge in [-0.05, 0) is 0 Å². The Morgan fingerprint density at radius 2 is 1.60 bits per heavy atom. The fourth-order valence-corrected chi connectivity index (χ4v) is 0. The maximum absolute atomic E-state index is 8.46. The number of primary amides is 1. The van der Waals surface area contributed by atoms with Crippen LogP contribution in [0.15, 0.2) is 0 Å². The quantitative estimate of drug-likeness (QED) is 0.472. The van der Waals surface area contributed by atoms with Gasteiger partial charge in [0, 0.05) is 0 Å². The Labute approximate surface area is 25.6 Å². The van der Waals surface area contributed by atoms with Crippen LogP contribution in [0.25, 0.3) is 0 Å². The van der Waals surface area contributed by atoms with E-state index in [9.17, 15) is 0 Å². The second kappa shape index (κ2) is 19.0. The van der Waals surface area contributed by atoms with Crippen molar-refractivity contribution in [2.24, 2.45) is 5.73 Å². The van der Waals surface area contributed by atoms with E-state index in [1.165, 1.54) is 0 Å². The summed E-state index contributed by atoms with van der Waals surface area (Å²) in [7, 11) is 0. The Hall–Kier alpha value is -1.53. The van der Waals surface area contributed by atoms with Gasteiger partial charge in [-0.3, -0.25) is 0 Å². The summed E-state index contributed by atoms with van der Waals surface area (Å²) >= 11 is 0. The van der Waals surface area contributed by atoms with Crippen LogP contribution in [0, 0.1) is 7.43 Å². The number of hydrogen-bond acceptors (Lipinski definition) is 1. The zero-order valence-electron chi connectivity index (χ0n) is 3.19. The average Bonchev–Trinajstić information content (AvgIpc) is 0.918. The van der Waals surface area contributed by atoms with Gasteiger partial charge in [-0.1, -0.05) is 0 Å². The summed E-state index contributed by atoms with van der Waals surface area (Å²) in [6.07, 6.45) is 1.00. The van der Waals surface area contributed by atoms with Gasteiger partial charge in [-0.25, -0.2) is 0 Å². The Morgan fingerprint density at radius 3 is 1.60 bits per heavy atom. The molecule has 0 spiro atoms. The fourth-order valence-electron chi connectivity index (χ4n) is 0. The van der Waals surface area contributed by atoms with Crippen molar-refractivity contribution in [1.82, 2.24) is 0 Å². The van der Waals surface area contributed by atoms with Crippen LogP contribution in [-0.2, 0) is 4.79 Å². The molecule has 0 aliphatic rings. The molecule has 0 heterocycles. The Bertz CT molecular complexity index is 17.1. The Morgan fingerprint density at radius 1 is 1.60 bits per heavy atom. The van der Waals surface area contributed by atoms with Gasteiger partial charge in [-0.15, -0.1) is 0 Å². The van der Waals surface area contributed by atoms with Crippen LogP contribution in [-0.4, -0.2) is 6.41 Å². The average molecular weight is 326 g/mol. The molecule has 0 aliphatic carbocycles. The molecular weight excluding hydrogens is 321 g/mol. The molecule has 2 N–H and O–H groups in total. The molecule has 0 rings (SSSR count). The smallest absolute Gasteiger partial charge is 0 e. The first-order valence-corrected chi connectivity index (χ1v) is 0.493. The molecule has 3 heteroatoms. The molecule has 1 amide bonds. The Balaban J connectivity index is -0.0000000200. The number of hydrogen-bond donors (Lipinski definition) is 1. The summed E-state index contributed by atoms with van der Waals surface area (Å²) in [5.41, 5.74) is 4.04. The van der Waals surface area contributed by atoms with Gasteiger partial charge >= 0.3 is 0 Å². The van der Waals surface area contributed by atoms with E-state index in [1.807, 2.05) is 0 Å². The molecule has 0 unspecified atom stereocenters. The van der Waals surface area contributed by atoms with Crippen molar-refractivity contribution in [2.75, 3.05) is 0 Å². The van der Waals surface area contributed by atoms with Crippen molar-refractivity contribution < 1.29 is 4.79 Å². The van der Waals surface area contributed by atoms with E-state index >= 15 is 0 Å². The number of carbonyl (C=O) groups excluding carboxylic acids is 1. The predicted octanol–water partition coefficient (Wildman–Crippen LogP) is -0.537. The van der Waals surface area contributed by atoms with Gasteiger partial charge in [0.05, 0.1) is 0 Å². The standard InChI is InChI=1S/CH2NO.CH3.Rf/c2-1-3;;/h(H2,2,3);1H3;/q2*-1;. The molecule has 0 atom stereocenters. The number of amides is 1. The van der Waals surface area contributed by atoms with Crippen molar-refractivity contribution in [2.45, 2.75) is 0 Å². The molecule has 0 aromatic rings. The topological polar surface area (TPSA) is 43.1 Å². The third-order valence-corrected chi connectivity index (χ3v) is 0. The van der Waals surface area contributed by atoms with Crippen molar-refractivity contribution >= 4 is 6.41 Å². The zero-order chi connectivity index (χ0) is 2.71. The maximum Gasteiger partial charge on any atom is 0 e. The molecule has 0 saturated heterocycles. The molecule has 0 bridgehead atoms. The summed E-state index contributed by atoms with van der Waals surface area (Å²) in [5.74, 6) is 0. The van der Waals surface area contributed by atoms with E-state index in [0.717, 1.165) is 6.41 Å². The Kier molecular flexibility index (Phi) is 364. The zero-order valence-corrected chi connectivity index (χ0v) is 9.59. The van der Waals surface area contributed by atoms with Crippen LogP contribution in [0.5, 0.6) is 0 Å². The fraction of sp³-hybridized carbons (Fsp3) is 0. The second-order valence-electron chi connectivity index (χ2n) is 0.118. The summed E-state index contributed by atoms with van der Waals surface area (Å²) in [4.78, 5) is 8.46. The van der Waals surface area contributed by atoms with E-state index in [2.05, 4.69) is 5.73 Å². The molecular formula is C2H5NORf-2. The van der Waals surface area contributed by atoms with Gasteiger partial charge in [0.25, 0.3) is 0 Å². The van der Waals surface area contributed by atoms with Crippen LogP contribution in [0.3, 0.4) is 0 Å². The summed E-state index contributed by atoms with van der Waals surface area (Å²) < 4.78 is 0. The van der Waals surface area contributed by atoms with Gasteiger partial charge < -0.3 is 18.0 Å². The van der Waals surface area contributed by atoms with Crippen LogP contribution in [0.4, 0.5) is 0 Å². The molecule has 0 radical (unpaired) electrons. The first-order chi connectivity index (χ1) is 1.41. The second-order valence-corrected chi connectivity index (χ2v) is 0.118. The van der Waals surface area contributed by atoms with Gasteiger partial charge in [0.15, 0.2) is 0 Å². The third kappa shape index (κ3) is 0.233. The molecule has 28 valence electrons. The normalized spacial score (nSPS) is 2.40. The van der Waals surface area contributed by atoms with E-state index in [0.29, 0.717) is 0 Å². The minimum atomic E-state index is 0. The van der Waals surface area contributed by atoms with Gasteiger partial charge in [-0.2, -0.15) is 6.41 Å². The largest absolute Gasteiger partial charge is 0.543 e. The minimum Gasteiger partial charge on any atom is -0.543 e. The van der Waals surface area contributed by atoms with E-state index in [4.69, 9.17) is 4.79 Å². The molecule has 5 heavy (non-hydrogen) atoms. The van der Waals surface area contributed by atoms with Crippen LogP contribution >= 0.6 is 0 Å². The molecule has 2 nitrogen and oxygen atoms in total. The number of nitrogens with two attached hydrogens (primary N) is 1. The van der Waals surface area contributed by atoms with Crippen LogP contribution in [0.1, 0.15) is 0 Å². The van der Waals surface area contributed by atoms with E-state index < -0.39 is 0 Å². The molecule has 0 aromatic heterocycles. The van der Waals surface area contributed by atoms with Crippen LogP contribution < -0.4 is 5.73 Å². The minimum absolute atomic E-state index is 0. The van der Waals surface area contributed by atoms with Gasteiger partial charge in [0.2, 0.25) is 0 Å². The van der Waals surface area contributed by atoms with Crippen molar-refractivity contribution in [3.05, 3.63) is 7.43 Å². The van der Waals surface area contributed by atoms with E-state index in [-0.39, 0.29) is 7.43 Å². The number of rotatable bonds is 0. The molecule has 0 aromatic carbocycles. The molecule has 0 saturated carbocycles. The first-order valence-electron chi connectivity index (χ1n) is 0.493. The third-order valence-electron chi connectivity index (χ3n) is 0. The molecule has 0 aliphatic heterocycles. The van der Waals surface area contributed by atoms with Crippen molar-refractivity contribution in [1.29, 1.82) is 0 Å². The SMILES string of the molecule is N[C-]=O.[CH3-].[Rf]. The van der Waals surface area contributed by atoms with Crippen molar-refractivity contribution in [3.63, 3.8) is 0 Å².